The molecule has 1 aromatic rings. The summed E-state index contributed by atoms with van der Waals surface area (Å²) in [6.07, 6.45) is 6.59. The summed E-state index contributed by atoms with van der Waals surface area (Å²) in [5, 5.41) is 0. The van der Waals surface area contributed by atoms with E-state index in [1.807, 2.05) is 11.3 Å². The third-order valence-electron chi connectivity index (χ3n) is 3.48. The summed E-state index contributed by atoms with van der Waals surface area (Å²) in [7, 11) is -13.4. The molecule has 1 heterocycles. The molecule has 0 fully saturated rings. The largest absolute Gasteiger partial charge is 0.480 e. The van der Waals surface area contributed by atoms with Crippen LogP contribution in [0.3, 0.4) is 0 Å². The smallest absolute Gasteiger partial charge is 0.421 e. The van der Waals surface area contributed by atoms with E-state index in [2.05, 4.69) is 30.8 Å². The molecule has 0 aliphatic carbocycles. The molecule has 1 rings (SSSR count). The lowest BCUT2D eigenvalue weighted by Gasteiger charge is -2.22. The summed E-state index contributed by atoms with van der Waals surface area (Å²) in [6, 6.07) is 0. The molecule has 0 atom stereocenters. The molecule has 29 heavy (non-hydrogen) atoms. The first-order chi connectivity index (χ1) is 13.0. The van der Waals surface area contributed by atoms with Gasteiger partial charge in [-0.25, -0.2) is 16.8 Å². The summed E-state index contributed by atoms with van der Waals surface area (Å²) >= 11 is 1.88. The van der Waals surface area contributed by atoms with E-state index in [0.29, 0.717) is 0 Å². The van der Waals surface area contributed by atoms with Crippen LogP contribution in [0.2, 0.25) is 0 Å². The van der Waals surface area contributed by atoms with E-state index < -0.39 is 31.1 Å². The van der Waals surface area contributed by atoms with Gasteiger partial charge < -0.3 is 4.13 Å². The molecule has 0 bridgehead atoms. The minimum atomic E-state index is -6.72. The maximum absolute atomic E-state index is 11.4. The van der Waals surface area contributed by atoms with E-state index in [-0.39, 0.29) is 0 Å². The van der Waals surface area contributed by atoms with Crippen LogP contribution < -0.4 is 4.57 Å². The maximum Gasteiger partial charge on any atom is 0.480 e. The molecule has 172 valence electrons. The maximum atomic E-state index is 11.4. The van der Waals surface area contributed by atoms with Gasteiger partial charge in [-0.05, 0) is 13.3 Å². The average molecular weight is 493 g/mol. The fourth-order valence-corrected chi connectivity index (χ4v) is 4.66. The highest BCUT2D eigenvalue weighted by Crippen LogP contribution is 2.36. The van der Waals surface area contributed by atoms with Crippen LogP contribution >= 0.6 is 11.3 Å². The quantitative estimate of drug-likeness (QED) is 0.303. The Labute approximate surface area is 170 Å². The molecule has 0 aliphatic rings. The Morgan fingerprint density at radius 1 is 0.931 bits per heavy atom. The zero-order valence-corrected chi connectivity index (χ0v) is 18.3. The second-order valence-electron chi connectivity index (χ2n) is 5.75. The number of aryl methyl sites for hydroxylation is 2. The van der Waals surface area contributed by atoms with Gasteiger partial charge in [-0.15, -0.1) is 0 Å². The number of aromatic nitrogens is 1. The number of thiazole rings is 1. The van der Waals surface area contributed by atoms with Gasteiger partial charge in [0.1, 0.15) is 6.54 Å². The molecular formula is C14H22F6N2O4S3. The molecule has 0 saturated heterocycles. The van der Waals surface area contributed by atoms with Crippen LogP contribution in [0.15, 0.2) is 5.51 Å². The van der Waals surface area contributed by atoms with E-state index >= 15 is 0 Å². The predicted octanol–water partition coefficient (Wildman–Crippen LogP) is 4.55. The van der Waals surface area contributed by atoms with Gasteiger partial charge in [0.05, 0.1) is 4.88 Å². The lowest BCUT2D eigenvalue weighted by Crippen LogP contribution is -2.35. The Kier molecular flexibility index (Phi) is 10.6. The van der Waals surface area contributed by atoms with E-state index in [1.165, 1.54) is 49.2 Å². The lowest BCUT2D eigenvalue weighted by molar-refractivity contribution is -0.699. The first-order valence-corrected chi connectivity index (χ1v) is 12.1. The summed E-state index contributed by atoms with van der Waals surface area (Å²) < 4.78 is 112. The molecule has 0 radical (unpaired) electrons. The Morgan fingerprint density at radius 3 is 1.79 bits per heavy atom. The first kappa shape index (κ1) is 28.1. The number of rotatable bonds is 8. The van der Waals surface area contributed by atoms with Crippen molar-refractivity contribution in [2.45, 2.75) is 70.4 Å². The molecule has 0 amide bonds. The second kappa shape index (κ2) is 10.9. The first-order valence-electron chi connectivity index (χ1n) is 8.33. The Hall–Kier alpha value is -0.930. The van der Waals surface area contributed by atoms with Crippen molar-refractivity contribution < 1.29 is 47.7 Å². The number of unbranched alkanes of at least 4 members (excludes halogenated alkanes) is 3. The van der Waals surface area contributed by atoms with Crippen molar-refractivity contribution in [2.75, 3.05) is 0 Å². The van der Waals surface area contributed by atoms with Crippen molar-refractivity contribution in [1.82, 2.24) is 0 Å². The molecule has 1 aromatic heterocycles. The monoisotopic (exact) mass is 492 g/mol. The third kappa shape index (κ3) is 8.76. The van der Waals surface area contributed by atoms with E-state index in [1.54, 1.807) is 0 Å². The van der Waals surface area contributed by atoms with Crippen LogP contribution in [0.4, 0.5) is 26.3 Å². The zero-order valence-electron chi connectivity index (χ0n) is 15.8. The summed E-state index contributed by atoms with van der Waals surface area (Å²) in [5.74, 6) is 0. The number of hydrogen-bond donors (Lipinski definition) is 0. The molecular weight excluding hydrogens is 470 g/mol. The SMILES string of the molecule is CCCCCC[n+]1csc(C)c1CC.O=S(=O)([N-]S(=O)(=O)C(F)(F)F)C(F)(F)F. The van der Waals surface area contributed by atoms with Crippen LogP contribution in [0, 0.1) is 6.92 Å². The Morgan fingerprint density at radius 2 is 1.41 bits per heavy atom. The highest BCUT2D eigenvalue weighted by atomic mass is 32.3. The van der Waals surface area contributed by atoms with Gasteiger partial charge in [0.25, 0.3) is 0 Å². The van der Waals surface area contributed by atoms with Gasteiger partial charge in [0.15, 0.2) is 25.7 Å². The molecule has 0 aromatic carbocycles. The minimum absolute atomic E-state index is 0.778. The number of halogens is 6. The van der Waals surface area contributed by atoms with E-state index in [4.69, 9.17) is 0 Å². The van der Waals surface area contributed by atoms with E-state index in [0.717, 1.165) is 4.13 Å². The lowest BCUT2D eigenvalue weighted by atomic mass is 10.2. The molecule has 0 unspecified atom stereocenters. The summed E-state index contributed by atoms with van der Waals surface area (Å²) in [5.41, 5.74) is -8.59. The summed E-state index contributed by atoms with van der Waals surface area (Å²) in [6.45, 7) is 7.95. The highest BCUT2D eigenvalue weighted by molar-refractivity contribution is 8.13. The molecule has 6 nitrogen and oxygen atoms in total. The van der Waals surface area contributed by atoms with Gasteiger partial charge in [0.2, 0.25) is 5.51 Å². The van der Waals surface area contributed by atoms with Crippen LogP contribution in [-0.4, -0.2) is 27.9 Å². The molecule has 15 heteroatoms. The van der Waals surface area contributed by atoms with Crippen molar-refractivity contribution in [1.29, 1.82) is 0 Å². The van der Waals surface area contributed by atoms with Crippen LogP contribution in [0.25, 0.3) is 4.13 Å². The minimum Gasteiger partial charge on any atom is -0.421 e. The van der Waals surface area contributed by atoms with Gasteiger partial charge in [-0.2, -0.15) is 30.9 Å². The second-order valence-corrected chi connectivity index (χ2v) is 10.2. The van der Waals surface area contributed by atoms with Gasteiger partial charge in [0, 0.05) is 12.8 Å². The summed E-state index contributed by atoms with van der Waals surface area (Å²) in [4.78, 5) is 1.49. The van der Waals surface area contributed by atoms with Gasteiger partial charge in [-0.3, -0.25) is 0 Å². The number of hydrogen-bond acceptors (Lipinski definition) is 5. The van der Waals surface area contributed by atoms with Crippen LogP contribution in [0.5, 0.6) is 0 Å². The van der Waals surface area contributed by atoms with Crippen molar-refractivity contribution >= 4 is 31.4 Å². The van der Waals surface area contributed by atoms with Crippen molar-refractivity contribution in [2.24, 2.45) is 0 Å². The standard InChI is InChI=1S/C12H22NS.C2F6NO4S2/c1-4-6-7-8-9-13-10-14-11(3)12(13)5-2;3-1(4,5)14(10,11)9-15(12,13)2(6,7)8/h10H,4-9H2,1-3H3;/q+1;-1. The molecule has 0 saturated carbocycles. The third-order valence-corrected chi connectivity index (χ3v) is 7.17. The Balaban J connectivity index is 0.000000541. The van der Waals surface area contributed by atoms with Crippen LogP contribution in [-0.2, 0) is 33.0 Å². The average Bonchev–Trinajstić information content (AvgIpc) is 2.89. The zero-order chi connectivity index (χ0) is 23.1. The number of alkyl halides is 6. The highest BCUT2D eigenvalue weighted by Gasteiger charge is 2.46. The molecule has 0 spiro atoms. The molecule has 0 N–H and O–H groups in total. The van der Waals surface area contributed by atoms with Gasteiger partial charge in [-0.1, -0.05) is 38.0 Å². The van der Waals surface area contributed by atoms with E-state index in [9.17, 15) is 43.2 Å². The normalized spacial score (nSPS) is 13.1. The predicted molar refractivity (Wildman–Crippen MR) is 96.1 cm³/mol. The van der Waals surface area contributed by atoms with Crippen molar-refractivity contribution in [3.8, 4) is 0 Å². The number of nitrogens with zero attached hydrogens (tertiary/aromatic N) is 2. The van der Waals surface area contributed by atoms with Gasteiger partial charge >= 0.3 is 11.0 Å². The number of sulfonamides is 2. The van der Waals surface area contributed by atoms with Crippen molar-refractivity contribution in [3.63, 3.8) is 0 Å². The van der Waals surface area contributed by atoms with Crippen molar-refractivity contribution in [3.05, 3.63) is 20.2 Å². The fraction of sp³-hybridized carbons (Fsp3) is 0.786. The van der Waals surface area contributed by atoms with Crippen LogP contribution in [0.1, 0.15) is 50.1 Å². The molecule has 0 aliphatic heterocycles. The topological polar surface area (TPSA) is 86.3 Å². The fourth-order valence-electron chi connectivity index (χ4n) is 2.04. The Bertz CT molecular complexity index is 804.